The molecule has 9 heteroatoms. The molecule has 2 aromatic carbocycles. The quantitative estimate of drug-likeness (QED) is 0.591. The molecule has 0 bridgehead atoms. The molecule has 6 nitrogen and oxygen atoms in total. The molecular weight excluding hydrogens is 391 g/mol. The number of nitrogens with one attached hydrogen (secondary N) is 2. The van der Waals surface area contributed by atoms with Gasteiger partial charge in [0.1, 0.15) is 11.1 Å². The van der Waals surface area contributed by atoms with Gasteiger partial charge in [-0.05, 0) is 42.0 Å². The number of carbonyl (C=O) groups is 2. The van der Waals surface area contributed by atoms with Crippen molar-refractivity contribution < 1.29 is 14.0 Å². The van der Waals surface area contributed by atoms with Gasteiger partial charge in [0.2, 0.25) is 11.8 Å². The third-order valence-corrected chi connectivity index (χ3v) is 4.82. The van der Waals surface area contributed by atoms with Crippen molar-refractivity contribution in [2.75, 3.05) is 5.32 Å². The molecule has 138 valence electrons. The maximum absolute atomic E-state index is 12.9. The van der Waals surface area contributed by atoms with Gasteiger partial charge in [-0.1, -0.05) is 35.5 Å². The van der Waals surface area contributed by atoms with Crippen LogP contribution in [-0.2, 0) is 9.59 Å². The Morgan fingerprint density at radius 3 is 2.63 bits per heavy atom. The highest BCUT2D eigenvalue weighted by molar-refractivity contribution is 8.15. The number of halogens is 2. The van der Waals surface area contributed by atoms with Crippen molar-refractivity contribution in [3.8, 4) is 0 Å². The summed E-state index contributed by atoms with van der Waals surface area (Å²) in [5, 5.41) is 13.4. The Morgan fingerprint density at radius 2 is 1.93 bits per heavy atom. The average molecular weight is 405 g/mol. The van der Waals surface area contributed by atoms with E-state index in [2.05, 4.69) is 20.8 Å². The molecule has 3 rings (SSSR count). The molecule has 1 heterocycles. The third kappa shape index (κ3) is 5.63. The van der Waals surface area contributed by atoms with E-state index in [1.54, 1.807) is 24.3 Å². The topological polar surface area (TPSA) is 82.9 Å². The second-order valence-corrected chi connectivity index (χ2v) is 7.18. The van der Waals surface area contributed by atoms with Gasteiger partial charge in [-0.2, -0.15) is 5.10 Å². The van der Waals surface area contributed by atoms with E-state index in [-0.39, 0.29) is 18.2 Å². The normalized spacial score (nSPS) is 18.1. The molecule has 0 aliphatic carbocycles. The van der Waals surface area contributed by atoms with Gasteiger partial charge in [0, 0.05) is 17.1 Å². The second kappa shape index (κ2) is 8.79. The lowest BCUT2D eigenvalue weighted by Gasteiger charge is -2.07. The van der Waals surface area contributed by atoms with Gasteiger partial charge in [0.15, 0.2) is 5.17 Å². The Kier molecular flexibility index (Phi) is 6.20. The first kappa shape index (κ1) is 19.1. The van der Waals surface area contributed by atoms with Crippen LogP contribution in [0.5, 0.6) is 0 Å². The maximum Gasteiger partial charge on any atom is 0.240 e. The molecule has 0 saturated carbocycles. The van der Waals surface area contributed by atoms with Crippen LogP contribution < -0.4 is 10.6 Å². The summed E-state index contributed by atoms with van der Waals surface area (Å²) in [4.78, 5) is 24.0. The minimum Gasteiger partial charge on any atom is -0.326 e. The number of benzene rings is 2. The minimum atomic E-state index is -0.602. The second-order valence-electron chi connectivity index (χ2n) is 5.56. The SMILES string of the molecule is O=C(CC1S/C(=N/N=C/c2ccc(Cl)cc2)NC1=O)Nc1ccc(F)cc1. The van der Waals surface area contributed by atoms with Crippen molar-refractivity contribution in [3.05, 3.63) is 64.9 Å². The lowest BCUT2D eigenvalue weighted by molar-refractivity contribution is -0.122. The number of anilines is 1. The molecule has 2 aromatic rings. The lowest BCUT2D eigenvalue weighted by atomic mass is 10.2. The predicted octanol–water partition coefficient (Wildman–Crippen LogP) is 3.43. The molecule has 27 heavy (non-hydrogen) atoms. The highest BCUT2D eigenvalue weighted by atomic mass is 35.5. The number of rotatable bonds is 5. The van der Waals surface area contributed by atoms with Gasteiger partial charge in [-0.15, -0.1) is 5.10 Å². The van der Waals surface area contributed by atoms with E-state index < -0.39 is 11.1 Å². The van der Waals surface area contributed by atoms with Crippen LogP contribution in [0.25, 0.3) is 0 Å². The maximum atomic E-state index is 12.9. The van der Waals surface area contributed by atoms with Crippen LogP contribution in [0.4, 0.5) is 10.1 Å². The van der Waals surface area contributed by atoms with Crippen LogP contribution in [-0.4, -0.2) is 28.4 Å². The van der Waals surface area contributed by atoms with E-state index in [4.69, 9.17) is 11.6 Å². The van der Waals surface area contributed by atoms with Crippen molar-refractivity contribution in [2.24, 2.45) is 10.2 Å². The van der Waals surface area contributed by atoms with Gasteiger partial charge >= 0.3 is 0 Å². The molecule has 2 N–H and O–H groups in total. The number of amidine groups is 1. The molecule has 1 aliphatic rings. The van der Waals surface area contributed by atoms with E-state index in [1.807, 2.05) is 0 Å². The molecular formula is C18H14ClFN4O2S. The van der Waals surface area contributed by atoms with Crippen LogP contribution in [0.2, 0.25) is 5.02 Å². The number of amides is 2. The lowest BCUT2D eigenvalue weighted by Crippen LogP contribution is -2.28. The largest absolute Gasteiger partial charge is 0.326 e. The van der Waals surface area contributed by atoms with E-state index in [0.29, 0.717) is 15.9 Å². The van der Waals surface area contributed by atoms with E-state index >= 15 is 0 Å². The van der Waals surface area contributed by atoms with Crippen molar-refractivity contribution >= 4 is 52.2 Å². The smallest absolute Gasteiger partial charge is 0.240 e. The summed E-state index contributed by atoms with van der Waals surface area (Å²) in [6.07, 6.45) is 1.50. The van der Waals surface area contributed by atoms with Crippen LogP contribution in [0.1, 0.15) is 12.0 Å². The van der Waals surface area contributed by atoms with E-state index in [1.165, 1.54) is 30.5 Å². The van der Waals surface area contributed by atoms with Crippen LogP contribution >= 0.6 is 23.4 Å². The first-order chi connectivity index (χ1) is 13.0. The summed E-state index contributed by atoms with van der Waals surface area (Å²) in [6, 6.07) is 12.4. The third-order valence-electron chi connectivity index (χ3n) is 3.50. The van der Waals surface area contributed by atoms with Crippen LogP contribution in [0.15, 0.2) is 58.7 Å². The molecule has 1 unspecified atom stereocenters. The van der Waals surface area contributed by atoms with Crippen molar-refractivity contribution in [2.45, 2.75) is 11.7 Å². The summed E-state index contributed by atoms with van der Waals surface area (Å²) in [5.74, 6) is -1.05. The number of nitrogens with zero attached hydrogens (tertiary/aromatic N) is 2. The summed E-state index contributed by atoms with van der Waals surface area (Å²) in [5.41, 5.74) is 1.28. The molecule has 0 spiro atoms. The summed E-state index contributed by atoms with van der Waals surface area (Å²) in [6.45, 7) is 0. The summed E-state index contributed by atoms with van der Waals surface area (Å²) >= 11 is 6.94. The van der Waals surface area contributed by atoms with Crippen LogP contribution in [0.3, 0.4) is 0 Å². The predicted molar refractivity (Wildman–Crippen MR) is 106 cm³/mol. The van der Waals surface area contributed by atoms with Gasteiger partial charge < -0.3 is 10.6 Å². The zero-order chi connectivity index (χ0) is 19.2. The number of hydrogen-bond acceptors (Lipinski definition) is 5. The van der Waals surface area contributed by atoms with E-state index in [0.717, 1.165) is 17.3 Å². The Bertz CT molecular complexity index is 901. The molecule has 0 aromatic heterocycles. The van der Waals surface area contributed by atoms with Crippen molar-refractivity contribution in [3.63, 3.8) is 0 Å². The van der Waals surface area contributed by atoms with Gasteiger partial charge in [0.25, 0.3) is 0 Å². The molecule has 0 radical (unpaired) electrons. The molecule has 1 saturated heterocycles. The fourth-order valence-corrected chi connectivity index (χ4v) is 3.25. The van der Waals surface area contributed by atoms with E-state index in [9.17, 15) is 14.0 Å². The molecule has 2 amide bonds. The monoisotopic (exact) mass is 404 g/mol. The molecule has 1 aliphatic heterocycles. The average Bonchev–Trinajstić information content (AvgIpc) is 2.98. The summed E-state index contributed by atoms with van der Waals surface area (Å²) in [7, 11) is 0. The standard InChI is InChI=1S/C18H14ClFN4O2S/c19-12-3-1-11(2-4-12)10-21-24-18-23-17(26)15(27-18)9-16(25)22-14-7-5-13(20)6-8-14/h1-8,10,15H,9H2,(H,22,25)(H,23,24,26)/b21-10+. The van der Waals surface area contributed by atoms with Gasteiger partial charge in [-0.25, -0.2) is 4.39 Å². The molecule has 1 atom stereocenters. The molecule has 1 fully saturated rings. The highest BCUT2D eigenvalue weighted by Gasteiger charge is 2.32. The highest BCUT2D eigenvalue weighted by Crippen LogP contribution is 2.23. The van der Waals surface area contributed by atoms with Crippen molar-refractivity contribution in [1.29, 1.82) is 0 Å². The summed E-state index contributed by atoms with van der Waals surface area (Å²) < 4.78 is 12.9. The van der Waals surface area contributed by atoms with Crippen molar-refractivity contribution in [1.82, 2.24) is 5.32 Å². The Hall–Kier alpha value is -2.71. The first-order valence-corrected chi connectivity index (χ1v) is 9.15. The zero-order valence-corrected chi connectivity index (χ0v) is 15.4. The fraction of sp³-hybridized carbons (Fsp3) is 0.111. The Morgan fingerprint density at radius 1 is 1.22 bits per heavy atom. The Balaban J connectivity index is 1.54. The van der Waals surface area contributed by atoms with Gasteiger partial charge in [-0.3, -0.25) is 9.59 Å². The number of hydrogen-bond donors (Lipinski definition) is 2. The zero-order valence-electron chi connectivity index (χ0n) is 13.9. The fourth-order valence-electron chi connectivity index (χ4n) is 2.20. The van der Waals surface area contributed by atoms with Gasteiger partial charge in [0.05, 0.1) is 6.21 Å². The first-order valence-electron chi connectivity index (χ1n) is 7.89. The Labute approximate surface area is 163 Å². The minimum absolute atomic E-state index is 0.0339. The number of carbonyl (C=O) groups excluding carboxylic acids is 2. The van der Waals surface area contributed by atoms with Crippen LogP contribution in [0, 0.1) is 5.82 Å². The number of thioether (sulfide) groups is 1.